The van der Waals surface area contributed by atoms with E-state index >= 15 is 0 Å². The Labute approximate surface area is 60.5 Å². The van der Waals surface area contributed by atoms with Crippen molar-refractivity contribution in [1.29, 1.82) is 0 Å². The highest BCUT2D eigenvalue weighted by atomic mass is 19.4. The molecule has 10 heteroatoms. The maximum atomic E-state index is 11.1. The van der Waals surface area contributed by atoms with Gasteiger partial charge in [-0.05, 0) is 0 Å². The van der Waals surface area contributed by atoms with E-state index in [1.165, 1.54) is 0 Å². The zero-order chi connectivity index (χ0) is 10.2. The summed E-state index contributed by atoms with van der Waals surface area (Å²) in [4.78, 5) is -5.32. The first-order chi connectivity index (χ1) is 5.07. The van der Waals surface area contributed by atoms with Gasteiger partial charge in [0.2, 0.25) is 0 Å². The molecule has 0 aromatic rings. The number of hydroxylamine groups is 2. The highest BCUT2D eigenvalue weighted by Gasteiger charge is 2.57. The van der Waals surface area contributed by atoms with E-state index < -0.39 is 22.3 Å². The Morgan fingerprint density at radius 3 is 0.917 bits per heavy atom. The third-order valence-corrected chi connectivity index (χ3v) is 0.599. The van der Waals surface area contributed by atoms with Crippen molar-refractivity contribution in [3.05, 3.63) is 10.4 Å². The van der Waals surface area contributed by atoms with Crippen molar-refractivity contribution >= 4 is 0 Å². The van der Waals surface area contributed by atoms with Crippen molar-refractivity contribution in [2.45, 2.75) is 12.6 Å². The number of hydrogen-bond donors (Lipinski definition) is 0. The topological polar surface area (TPSA) is 52.1 Å². The maximum absolute atomic E-state index is 11.1. The van der Waals surface area contributed by atoms with Crippen molar-refractivity contribution in [3.8, 4) is 0 Å². The third kappa shape index (κ3) is 2.43. The standard InChI is InChI=1S/C2F6N2O2/c3-1(4,5)9(11)10(12)2(6,7)8/b10-9+. The van der Waals surface area contributed by atoms with E-state index in [9.17, 15) is 36.8 Å². The lowest BCUT2D eigenvalue weighted by Crippen LogP contribution is -2.37. The molecule has 0 aliphatic heterocycles. The molecule has 12 heavy (non-hydrogen) atoms. The highest BCUT2D eigenvalue weighted by molar-refractivity contribution is 4.20. The van der Waals surface area contributed by atoms with Gasteiger partial charge in [-0.3, -0.25) is 0 Å². The largest absolute Gasteiger partial charge is 0.702 e. The van der Waals surface area contributed by atoms with Crippen LogP contribution in [-0.4, -0.2) is 22.3 Å². The third-order valence-electron chi connectivity index (χ3n) is 0.599. The molecule has 72 valence electrons. The van der Waals surface area contributed by atoms with Crippen LogP contribution < -0.4 is 0 Å². The van der Waals surface area contributed by atoms with E-state index in [1.54, 1.807) is 0 Å². The van der Waals surface area contributed by atoms with Crippen molar-refractivity contribution < 1.29 is 36.1 Å². The summed E-state index contributed by atoms with van der Waals surface area (Å²) in [5.74, 6) is 0. The van der Waals surface area contributed by atoms with Gasteiger partial charge in [0.15, 0.2) is 9.72 Å². The van der Waals surface area contributed by atoms with Crippen LogP contribution in [0.15, 0.2) is 0 Å². The van der Waals surface area contributed by atoms with Gasteiger partial charge in [-0.15, -0.1) is 26.3 Å². The summed E-state index contributed by atoms with van der Waals surface area (Å²) in [5.41, 5.74) is 0. The van der Waals surface area contributed by atoms with E-state index in [1.807, 2.05) is 0 Å². The van der Waals surface area contributed by atoms with Gasteiger partial charge in [0.1, 0.15) is 0 Å². The molecule has 0 saturated heterocycles. The molecule has 0 aromatic heterocycles. The second kappa shape index (κ2) is 2.68. The van der Waals surface area contributed by atoms with Gasteiger partial charge < -0.3 is 10.4 Å². The summed E-state index contributed by atoms with van der Waals surface area (Å²) < 4.78 is 66.6. The molecular weight excluding hydrogens is 198 g/mol. The first-order valence-corrected chi connectivity index (χ1v) is 2.15. The van der Waals surface area contributed by atoms with Crippen LogP contribution in [0, 0.1) is 10.4 Å². The van der Waals surface area contributed by atoms with Crippen molar-refractivity contribution in [2.75, 3.05) is 0 Å². The predicted octanol–water partition coefficient (Wildman–Crippen LogP) is 1.50. The lowest BCUT2D eigenvalue weighted by molar-refractivity contribution is -1.08. The van der Waals surface area contributed by atoms with Gasteiger partial charge in [0, 0.05) is 0 Å². The summed E-state index contributed by atoms with van der Waals surface area (Å²) in [6, 6.07) is 0. The summed E-state index contributed by atoms with van der Waals surface area (Å²) in [6.07, 6.45) is -11.8. The zero-order valence-electron chi connectivity index (χ0n) is 4.98. The Morgan fingerprint density at radius 1 is 0.667 bits per heavy atom. The van der Waals surface area contributed by atoms with E-state index in [0.717, 1.165) is 0 Å². The van der Waals surface area contributed by atoms with Crippen LogP contribution in [0.1, 0.15) is 0 Å². The minimum Gasteiger partial charge on any atom is -0.559 e. The number of halogens is 6. The SMILES string of the molecule is [O-]/[N+](=[N+](/[O-])C(F)(F)F)C(F)(F)F. The van der Waals surface area contributed by atoms with E-state index in [4.69, 9.17) is 0 Å². The van der Waals surface area contributed by atoms with Crippen LogP contribution in [0.25, 0.3) is 0 Å². The molecule has 0 spiro atoms. The molecule has 0 amide bonds. The van der Waals surface area contributed by atoms with Gasteiger partial charge in [-0.25, -0.2) is 0 Å². The van der Waals surface area contributed by atoms with Crippen LogP contribution in [0.3, 0.4) is 0 Å². The van der Waals surface area contributed by atoms with Gasteiger partial charge in [-0.1, -0.05) is 0 Å². The van der Waals surface area contributed by atoms with Gasteiger partial charge in [-0.2, -0.15) is 0 Å². The van der Waals surface area contributed by atoms with Gasteiger partial charge in [0.05, 0.1) is 0 Å². The quantitative estimate of drug-likeness (QED) is 0.194. The molecule has 0 saturated carbocycles. The minimum absolute atomic E-state index is 2.66. The molecule has 0 aliphatic carbocycles. The average molecular weight is 198 g/mol. The van der Waals surface area contributed by atoms with Crippen LogP contribution in [0.4, 0.5) is 26.3 Å². The maximum Gasteiger partial charge on any atom is 0.702 e. The molecule has 0 N–H and O–H groups in total. The van der Waals surface area contributed by atoms with Crippen LogP contribution in [0.5, 0.6) is 0 Å². The molecule has 0 fully saturated rings. The van der Waals surface area contributed by atoms with E-state index in [0.29, 0.717) is 0 Å². The summed E-state index contributed by atoms with van der Waals surface area (Å²) in [5, 5.41) is 19.0. The van der Waals surface area contributed by atoms with E-state index in [-0.39, 0.29) is 0 Å². The fourth-order valence-electron chi connectivity index (χ4n) is 0.206. The van der Waals surface area contributed by atoms with Crippen LogP contribution >= 0.6 is 0 Å². The summed E-state index contributed by atoms with van der Waals surface area (Å²) >= 11 is 0. The molecule has 0 radical (unpaired) electrons. The summed E-state index contributed by atoms with van der Waals surface area (Å²) in [7, 11) is 0. The molecule has 0 aromatic carbocycles. The lowest BCUT2D eigenvalue weighted by Gasteiger charge is -2.05. The Hall–Kier alpha value is -1.22. The van der Waals surface area contributed by atoms with Gasteiger partial charge in [0.25, 0.3) is 0 Å². The van der Waals surface area contributed by atoms with Crippen molar-refractivity contribution in [1.82, 2.24) is 0 Å². The Balaban J connectivity index is 4.96. The molecule has 0 unspecified atom stereocenters. The molecule has 0 heterocycles. The Kier molecular flexibility index (Phi) is 2.41. The Morgan fingerprint density at radius 2 is 0.833 bits per heavy atom. The summed E-state index contributed by atoms with van der Waals surface area (Å²) in [6.45, 7) is 0. The first kappa shape index (κ1) is 10.8. The first-order valence-electron chi connectivity index (χ1n) is 2.15. The van der Waals surface area contributed by atoms with Gasteiger partial charge >= 0.3 is 12.6 Å². The second-order valence-corrected chi connectivity index (χ2v) is 1.48. The number of hydrogen-bond acceptors (Lipinski definition) is 2. The number of azo groups is 1. The number of rotatable bonds is 0. The fraction of sp³-hybridized carbons (Fsp3) is 1.00. The number of nitrogens with zero attached hydrogens (tertiary/aromatic N) is 2. The van der Waals surface area contributed by atoms with Crippen molar-refractivity contribution in [2.24, 2.45) is 0 Å². The van der Waals surface area contributed by atoms with Crippen LogP contribution in [-0.2, 0) is 0 Å². The van der Waals surface area contributed by atoms with E-state index in [2.05, 4.69) is 0 Å². The molecule has 4 nitrogen and oxygen atoms in total. The molecule has 0 bridgehead atoms. The second-order valence-electron chi connectivity index (χ2n) is 1.48. The molecule has 0 aliphatic rings. The predicted molar refractivity (Wildman–Crippen MR) is 19.4 cm³/mol. The molecule has 0 atom stereocenters. The fourth-order valence-corrected chi connectivity index (χ4v) is 0.206. The Bertz CT molecular complexity index is 181. The zero-order valence-corrected chi connectivity index (χ0v) is 4.98. The smallest absolute Gasteiger partial charge is 0.559 e. The monoisotopic (exact) mass is 198 g/mol. The molecule has 0 rings (SSSR count). The van der Waals surface area contributed by atoms with Crippen molar-refractivity contribution in [3.63, 3.8) is 0 Å². The normalized spacial score (nSPS) is 15.8. The highest BCUT2D eigenvalue weighted by Crippen LogP contribution is 2.21. The minimum atomic E-state index is -5.89. The average Bonchev–Trinajstić information content (AvgIpc) is 1.80. The molecular formula is C2F6N2O2. The number of alkyl halides is 6. The van der Waals surface area contributed by atoms with Crippen LogP contribution in [0.2, 0.25) is 0 Å². The lowest BCUT2D eigenvalue weighted by atomic mass is 11.1.